The molecule has 7 N–H and O–H groups in total. The van der Waals surface area contributed by atoms with Crippen LogP contribution in [-0.2, 0) is 26.5 Å². The molecule has 5 aromatic rings. The van der Waals surface area contributed by atoms with Crippen molar-refractivity contribution in [3.63, 3.8) is 0 Å². The lowest BCUT2D eigenvalue weighted by Crippen LogP contribution is -2.83. The molecule has 74 heavy (non-hydrogen) atoms. The van der Waals surface area contributed by atoms with Crippen LogP contribution in [0.1, 0.15) is 113 Å². The van der Waals surface area contributed by atoms with E-state index in [1.54, 1.807) is 12.1 Å². The normalized spacial score (nSPS) is 26.7. The zero-order chi connectivity index (χ0) is 51.6. The molecule has 5 aliphatic heterocycles. The van der Waals surface area contributed by atoms with E-state index in [1.165, 1.54) is 10.5 Å². The second kappa shape index (κ2) is 19.6. The predicted molar refractivity (Wildman–Crippen MR) is 280 cm³/mol. The number of anilines is 2. The molecular formula is C56H71N13O5. The Hall–Kier alpha value is -6.50. The summed E-state index contributed by atoms with van der Waals surface area (Å²) < 4.78 is 0. The molecule has 6 aliphatic rings. The molecule has 3 aromatic heterocycles. The number of benzene rings is 2. The van der Waals surface area contributed by atoms with Gasteiger partial charge in [-0.05, 0) is 125 Å². The standard InChI is InChI=1S/C56H71N13O5/c1-32-48(33(2)63-62-32)36-12-10-34(11-13-36)26-58-52(73)46-22-42(70)31-68(46)53(74)49(55(3,4)5)61-51(72)37-14-16-39(17-15-37)66-20-18-35(19-21-66)38-27-59-54(60-28-38)56-24-40-29-67(30-41(25-56)69(40)56)45-23-44(64-65-50(45)57)43-8-6-7-9-47(43)71/h6-13,23,27-28,35,37,39-42,46,49,70-71H,14-22,24-26,29-31H2,1-5H3,(H2,57,65)(H,58,73)(H,61,72)(H,62,63)/t37?,39?,40?,41?,42-,46+,49-,56?/m1/s1. The Kier molecular flexibility index (Phi) is 13.2. The van der Waals surface area contributed by atoms with E-state index in [1.807, 2.05) is 77.1 Å². The number of rotatable bonds is 12. The number of nitrogen functional groups attached to an aromatic ring is 1. The fourth-order valence-electron chi connectivity index (χ4n) is 13.4. The largest absolute Gasteiger partial charge is 0.507 e. The van der Waals surface area contributed by atoms with Crippen LogP contribution in [0.5, 0.6) is 5.75 Å². The first-order chi connectivity index (χ1) is 35.5. The van der Waals surface area contributed by atoms with Gasteiger partial charge in [-0.3, -0.25) is 24.4 Å². The molecule has 390 valence electrons. The molecule has 2 aromatic carbocycles. The number of nitrogens with two attached hydrogens (primary N) is 1. The Morgan fingerprint density at radius 2 is 1.57 bits per heavy atom. The SMILES string of the molecule is Cc1n[nH]c(C)c1-c1ccc(CNC(=O)[C@@H]2C[C@@H](O)CN2C(=O)[C@@H](NC(=O)C2CCC(N3CCC(c4cnc(C56CC7CN(c8cc(-c9ccccc9O)nnc8N)CC(C5)N76)nc4)CC3)CC2)C(C)(C)C)cc1. The minimum absolute atomic E-state index is 0.0347. The molecule has 0 bridgehead atoms. The number of H-pyrrole nitrogens is 1. The summed E-state index contributed by atoms with van der Waals surface area (Å²) in [4.78, 5) is 61.1. The summed E-state index contributed by atoms with van der Waals surface area (Å²) >= 11 is 0. The lowest BCUT2D eigenvalue weighted by atomic mass is 9.62. The smallest absolute Gasteiger partial charge is 0.246 e. The van der Waals surface area contributed by atoms with Crippen LogP contribution in [0.4, 0.5) is 11.5 Å². The Morgan fingerprint density at radius 1 is 0.878 bits per heavy atom. The Balaban J connectivity index is 0.636. The first-order valence-electron chi connectivity index (χ1n) is 26.7. The van der Waals surface area contributed by atoms with Gasteiger partial charge in [0.25, 0.3) is 0 Å². The molecule has 1 saturated carbocycles. The highest BCUT2D eigenvalue weighted by atomic mass is 16.3. The van der Waals surface area contributed by atoms with Crippen LogP contribution in [0.2, 0.25) is 0 Å². The van der Waals surface area contributed by atoms with E-state index in [0.717, 1.165) is 117 Å². The summed E-state index contributed by atoms with van der Waals surface area (Å²) in [5.74, 6) is 0.909. The van der Waals surface area contributed by atoms with Gasteiger partial charge in [0.2, 0.25) is 17.7 Å². The molecule has 18 nitrogen and oxygen atoms in total. The van der Waals surface area contributed by atoms with Crippen LogP contribution in [-0.4, -0.2) is 142 Å². The van der Waals surface area contributed by atoms with E-state index < -0.39 is 23.6 Å². The highest BCUT2D eigenvalue weighted by molar-refractivity contribution is 5.93. The fraction of sp³-hybridized carbons (Fsp3) is 0.536. The molecule has 5 atom stereocenters. The van der Waals surface area contributed by atoms with Crippen molar-refractivity contribution in [1.29, 1.82) is 0 Å². The fourth-order valence-corrected chi connectivity index (χ4v) is 13.4. The number of aliphatic hydroxyl groups is 1. The molecule has 0 radical (unpaired) electrons. The molecule has 5 saturated heterocycles. The van der Waals surface area contributed by atoms with Crippen molar-refractivity contribution < 1.29 is 24.6 Å². The van der Waals surface area contributed by atoms with E-state index >= 15 is 0 Å². The van der Waals surface area contributed by atoms with Crippen LogP contribution in [0.15, 0.2) is 67.0 Å². The molecule has 3 amide bonds. The van der Waals surface area contributed by atoms with Crippen molar-refractivity contribution in [1.82, 2.24) is 55.7 Å². The number of phenolic OH excluding ortho intramolecular Hbond substituents is 1. The van der Waals surface area contributed by atoms with E-state index in [0.29, 0.717) is 41.1 Å². The number of aromatic nitrogens is 6. The summed E-state index contributed by atoms with van der Waals surface area (Å²) in [7, 11) is 0. The molecule has 8 heterocycles. The molecule has 0 spiro atoms. The Morgan fingerprint density at radius 3 is 2.22 bits per heavy atom. The van der Waals surface area contributed by atoms with Gasteiger partial charge in [0.15, 0.2) is 5.82 Å². The van der Waals surface area contributed by atoms with Crippen LogP contribution < -0.4 is 21.3 Å². The average Bonchev–Trinajstić information content (AvgIpc) is 3.95. The van der Waals surface area contributed by atoms with Gasteiger partial charge in [-0.25, -0.2) is 9.97 Å². The molecule has 18 heteroatoms. The zero-order valence-electron chi connectivity index (χ0n) is 43.3. The van der Waals surface area contributed by atoms with Crippen LogP contribution in [0.25, 0.3) is 22.4 Å². The number of phenols is 1. The average molecular weight is 1010 g/mol. The molecule has 2 unspecified atom stereocenters. The van der Waals surface area contributed by atoms with Gasteiger partial charge in [0.05, 0.1) is 28.7 Å². The summed E-state index contributed by atoms with van der Waals surface area (Å²) in [6, 6.07) is 16.5. The van der Waals surface area contributed by atoms with Gasteiger partial charge in [-0.1, -0.05) is 57.2 Å². The maximum absolute atomic E-state index is 14.4. The number of aryl methyl sites for hydroxylation is 2. The summed E-state index contributed by atoms with van der Waals surface area (Å²) in [5.41, 5.74) is 13.9. The Bertz CT molecular complexity index is 2850. The van der Waals surface area contributed by atoms with Gasteiger partial charge in [0.1, 0.15) is 23.7 Å². The van der Waals surface area contributed by atoms with E-state index in [-0.39, 0.29) is 54.4 Å². The minimum Gasteiger partial charge on any atom is -0.507 e. The zero-order valence-corrected chi connectivity index (χ0v) is 43.3. The maximum Gasteiger partial charge on any atom is 0.246 e. The number of amides is 3. The molecular weight excluding hydrogens is 935 g/mol. The van der Waals surface area contributed by atoms with E-state index in [9.17, 15) is 24.6 Å². The van der Waals surface area contributed by atoms with Crippen molar-refractivity contribution >= 4 is 29.2 Å². The molecule has 6 fully saturated rings. The number of hydrogen-bond acceptors (Lipinski definition) is 14. The number of nitrogens with zero attached hydrogens (tertiary/aromatic N) is 9. The number of carbonyl (C=O) groups excluding carboxylic acids is 3. The predicted octanol–water partition coefficient (Wildman–Crippen LogP) is 5.34. The first-order valence-corrected chi connectivity index (χ1v) is 26.7. The third-order valence-corrected chi connectivity index (χ3v) is 17.4. The van der Waals surface area contributed by atoms with Crippen molar-refractivity contribution in [2.24, 2.45) is 11.3 Å². The summed E-state index contributed by atoms with van der Waals surface area (Å²) in [5, 5.41) is 43.2. The highest BCUT2D eigenvalue weighted by Crippen LogP contribution is 2.59. The molecule has 11 rings (SSSR count). The van der Waals surface area contributed by atoms with Gasteiger partial charge in [-0.15, -0.1) is 10.2 Å². The third kappa shape index (κ3) is 9.26. The molecule has 1 aliphatic carbocycles. The quantitative estimate of drug-likeness (QED) is 0.0927. The van der Waals surface area contributed by atoms with Gasteiger partial charge in [-0.2, -0.15) is 5.10 Å². The number of hydrogen-bond donors (Lipinski definition) is 6. The second-order valence-corrected chi connectivity index (χ2v) is 23.2. The topological polar surface area (TPSA) is 235 Å². The van der Waals surface area contributed by atoms with Crippen LogP contribution in [0, 0.1) is 25.2 Å². The lowest BCUT2D eigenvalue weighted by molar-refractivity contribution is -0.216. The number of para-hydroxylation sites is 1. The number of piperazine rings is 1. The maximum atomic E-state index is 14.4. The monoisotopic (exact) mass is 1010 g/mol. The number of aliphatic hydroxyl groups excluding tert-OH is 1. The first kappa shape index (κ1) is 49.7. The third-order valence-electron chi connectivity index (χ3n) is 17.4. The highest BCUT2D eigenvalue weighted by Gasteiger charge is 2.67. The van der Waals surface area contributed by atoms with Crippen molar-refractivity contribution in [3.8, 4) is 28.1 Å². The van der Waals surface area contributed by atoms with Gasteiger partial charge >= 0.3 is 0 Å². The number of likely N-dealkylation sites (tertiary alicyclic amines) is 2. The number of β-amino-alcohol motifs (C(OH)–C–C–N with tert-alkyl or cyclic N) is 1. The number of carbonyl (C=O) groups is 3. The summed E-state index contributed by atoms with van der Waals surface area (Å²) in [6.45, 7) is 13.7. The Labute approximate surface area is 432 Å². The number of nitrogens with one attached hydrogen (secondary N) is 3. The van der Waals surface area contributed by atoms with Crippen LogP contribution in [0.3, 0.4) is 0 Å². The number of aromatic hydroxyl groups is 1. The van der Waals surface area contributed by atoms with Crippen molar-refractivity contribution in [2.45, 2.75) is 147 Å². The van der Waals surface area contributed by atoms with Crippen molar-refractivity contribution in [3.05, 3.63) is 95.3 Å². The van der Waals surface area contributed by atoms with Crippen LogP contribution >= 0.6 is 0 Å². The lowest BCUT2D eigenvalue weighted by Gasteiger charge is -2.72. The minimum atomic E-state index is -0.858. The number of aromatic amines is 1. The second-order valence-electron chi connectivity index (χ2n) is 23.2. The summed E-state index contributed by atoms with van der Waals surface area (Å²) in [6.07, 6.45) is 10.9. The van der Waals surface area contributed by atoms with Crippen molar-refractivity contribution in [2.75, 3.05) is 43.4 Å². The van der Waals surface area contributed by atoms with Gasteiger partial charge < -0.3 is 41.3 Å². The van der Waals surface area contributed by atoms with E-state index in [4.69, 9.17) is 15.7 Å². The van der Waals surface area contributed by atoms with E-state index in [2.05, 4.69) is 58.1 Å². The van der Waals surface area contributed by atoms with Gasteiger partial charge in [0, 0.05) is 85.9 Å². The number of piperidine rings is 2.